The number of hydrogen-bond acceptors (Lipinski definition) is 6. The van der Waals surface area contributed by atoms with Gasteiger partial charge in [0.1, 0.15) is 0 Å². The van der Waals surface area contributed by atoms with Crippen LogP contribution in [0.1, 0.15) is 32.7 Å². The third-order valence-electron chi connectivity index (χ3n) is 6.11. The molecule has 1 aliphatic heterocycles. The Hall–Kier alpha value is -4.47. The van der Waals surface area contributed by atoms with Crippen LogP contribution >= 0.6 is 0 Å². The van der Waals surface area contributed by atoms with E-state index in [2.05, 4.69) is 30.5 Å². The molecule has 2 N–H and O–H groups in total. The number of fused-ring (bicyclic) bond motifs is 1. The summed E-state index contributed by atoms with van der Waals surface area (Å²) >= 11 is 0. The monoisotopic (exact) mass is 504 g/mol. The van der Waals surface area contributed by atoms with Crippen LogP contribution in [0.4, 0.5) is 36.2 Å². The van der Waals surface area contributed by atoms with Crippen molar-refractivity contribution in [2.75, 3.05) is 22.1 Å². The Morgan fingerprint density at radius 3 is 2.68 bits per heavy atom. The van der Waals surface area contributed by atoms with Crippen LogP contribution in [-0.4, -0.2) is 27.4 Å². The largest absolute Gasteiger partial charge is 0.416 e. The van der Waals surface area contributed by atoms with E-state index in [-0.39, 0.29) is 5.56 Å². The molecular formula is C27H23F3N6O. The van der Waals surface area contributed by atoms with Crippen molar-refractivity contribution in [1.82, 2.24) is 15.0 Å². The predicted molar refractivity (Wildman–Crippen MR) is 135 cm³/mol. The number of pyridine rings is 1. The molecule has 0 saturated carbocycles. The average molecular weight is 505 g/mol. The van der Waals surface area contributed by atoms with E-state index in [0.717, 1.165) is 40.3 Å². The lowest BCUT2D eigenvalue weighted by Gasteiger charge is -2.31. The molecule has 2 aromatic heterocycles. The maximum absolute atomic E-state index is 13.0. The Morgan fingerprint density at radius 2 is 1.89 bits per heavy atom. The van der Waals surface area contributed by atoms with E-state index in [1.807, 2.05) is 37.4 Å². The van der Waals surface area contributed by atoms with Crippen molar-refractivity contribution in [2.24, 2.45) is 0 Å². The smallest absolute Gasteiger partial charge is 0.366 e. The van der Waals surface area contributed by atoms with Gasteiger partial charge in [-0.1, -0.05) is 12.1 Å². The summed E-state index contributed by atoms with van der Waals surface area (Å²) in [6.07, 6.45) is 1.39. The molecule has 0 spiro atoms. The van der Waals surface area contributed by atoms with Gasteiger partial charge in [-0.05, 0) is 55.0 Å². The van der Waals surface area contributed by atoms with Crippen LogP contribution in [-0.2, 0) is 19.1 Å². The topological polar surface area (TPSA) is 83.0 Å². The van der Waals surface area contributed by atoms with Gasteiger partial charge in [0.2, 0.25) is 5.95 Å². The van der Waals surface area contributed by atoms with Crippen molar-refractivity contribution < 1.29 is 18.0 Å². The minimum absolute atomic E-state index is 0.0586. The molecular weight excluding hydrogens is 481 g/mol. The minimum Gasteiger partial charge on any atom is -0.366 e. The van der Waals surface area contributed by atoms with Crippen molar-refractivity contribution in [1.29, 1.82) is 0 Å². The maximum Gasteiger partial charge on any atom is 0.416 e. The number of nitrogens with zero attached hydrogens (tertiary/aromatic N) is 4. The zero-order valence-corrected chi connectivity index (χ0v) is 19.9. The summed E-state index contributed by atoms with van der Waals surface area (Å²) in [5, 5.41) is 5.88. The zero-order valence-electron chi connectivity index (χ0n) is 19.9. The lowest BCUT2D eigenvalue weighted by Crippen LogP contribution is -2.32. The normalized spacial score (nSPS) is 13.1. The molecule has 5 rings (SSSR count). The lowest BCUT2D eigenvalue weighted by atomic mass is 10.0. The molecule has 2 aromatic carbocycles. The standard InChI is InChI=1S/C27H23F3N6O/c1-17-7-8-21(33-25(37)18-4-2-5-20(12-18)27(28,29)30)13-24(17)36-11-9-23-19(16-36)14-32-26(35-23)34-22-6-3-10-31-15-22/h2-8,10,12-15H,9,11,16H2,1H3,(H,33,37)(H,32,34,35). The van der Waals surface area contributed by atoms with E-state index >= 15 is 0 Å². The molecule has 0 bridgehead atoms. The van der Waals surface area contributed by atoms with Crippen LogP contribution in [0.3, 0.4) is 0 Å². The van der Waals surface area contributed by atoms with Gasteiger partial charge in [0.05, 0.1) is 23.1 Å². The van der Waals surface area contributed by atoms with Gasteiger partial charge >= 0.3 is 6.18 Å². The Labute approximate surface area is 211 Å². The molecule has 0 fully saturated rings. The number of rotatable bonds is 5. The number of carbonyl (C=O) groups excluding carboxylic acids is 1. The van der Waals surface area contributed by atoms with Crippen molar-refractivity contribution in [3.63, 3.8) is 0 Å². The number of aryl methyl sites for hydroxylation is 1. The SMILES string of the molecule is Cc1ccc(NC(=O)c2cccc(C(F)(F)F)c2)cc1N1CCc2nc(Nc3cccnc3)ncc2C1. The lowest BCUT2D eigenvalue weighted by molar-refractivity contribution is -0.137. The van der Waals surface area contributed by atoms with Gasteiger partial charge in [-0.2, -0.15) is 13.2 Å². The van der Waals surface area contributed by atoms with Gasteiger partial charge in [0.25, 0.3) is 5.91 Å². The Kier molecular flexibility index (Phi) is 6.47. The first-order valence-electron chi connectivity index (χ1n) is 11.6. The summed E-state index contributed by atoms with van der Waals surface area (Å²) in [6, 6.07) is 13.6. The summed E-state index contributed by atoms with van der Waals surface area (Å²) < 4.78 is 39.1. The van der Waals surface area contributed by atoms with E-state index in [0.29, 0.717) is 31.1 Å². The Bertz CT molecular complexity index is 1440. The number of halogens is 3. The quantitative estimate of drug-likeness (QED) is 0.360. The number of nitrogens with one attached hydrogen (secondary N) is 2. The number of anilines is 4. The average Bonchev–Trinajstić information content (AvgIpc) is 2.89. The third-order valence-corrected chi connectivity index (χ3v) is 6.11. The highest BCUT2D eigenvalue weighted by molar-refractivity contribution is 6.04. The van der Waals surface area contributed by atoms with Gasteiger partial charge in [0.15, 0.2) is 0 Å². The highest BCUT2D eigenvalue weighted by Gasteiger charge is 2.31. The second-order valence-corrected chi connectivity index (χ2v) is 8.74. The zero-order chi connectivity index (χ0) is 26.0. The molecule has 0 unspecified atom stereocenters. The number of aromatic nitrogens is 3. The highest BCUT2D eigenvalue weighted by atomic mass is 19.4. The summed E-state index contributed by atoms with van der Waals surface area (Å²) in [6.45, 7) is 3.28. The first-order valence-corrected chi connectivity index (χ1v) is 11.6. The summed E-state index contributed by atoms with van der Waals surface area (Å²) in [5.74, 6) is -0.0948. The molecule has 1 aliphatic rings. The van der Waals surface area contributed by atoms with E-state index < -0.39 is 17.6 Å². The predicted octanol–water partition coefficient (Wildman–Crippen LogP) is 5.76. The molecule has 188 valence electrons. The van der Waals surface area contributed by atoms with Crippen molar-refractivity contribution in [3.8, 4) is 0 Å². The Morgan fingerprint density at radius 1 is 1.03 bits per heavy atom. The van der Waals surface area contributed by atoms with E-state index in [4.69, 9.17) is 0 Å². The van der Waals surface area contributed by atoms with Crippen LogP contribution in [0, 0.1) is 6.92 Å². The van der Waals surface area contributed by atoms with Gasteiger partial charge in [-0.25, -0.2) is 9.97 Å². The summed E-state index contributed by atoms with van der Waals surface area (Å²) in [7, 11) is 0. The number of amides is 1. The van der Waals surface area contributed by atoms with Gasteiger partial charge in [-0.15, -0.1) is 0 Å². The van der Waals surface area contributed by atoms with Gasteiger partial charge < -0.3 is 15.5 Å². The van der Waals surface area contributed by atoms with Crippen LogP contribution in [0.15, 0.2) is 73.2 Å². The van der Waals surface area contributed by atoms with Crippen LogP contribution in [0.25, 0.3) is 0 Å². The van der Waals surface area contributed by atoms with Crippen molar-refractivity contribution in [3.05, 3.63) is 101 Å². The van der Waals surface area contributed by atoms with E-state index in [9.17, 15) is 18.0 Å². The van der Waals surface area contributed by atoms with E-state index in [1.165, 1.54) is 12.1 Å². The molecule has 7 nitrogen and oxygen atoms in total. The highest BCUT2D eigenvalue weighted by Crippen LogP contribution is 2.31. The maximum atomic E-state index is 13.0. The molecule has 4 aromatic rings. The van der Waals surface area contributed by atoms with Gasteiger partial charge in [-0.3, -0.25) is 9.78 Å². The first-order chi connectivity index (χ1) is 17.8. The van der Waals surface area contributed by atoms with Crippen molar-refractivity contribution in [2.45, 2.75) is 26.1 Å². The van der Waals surface area contributed by atoms with Crippen LogP contribution < -0.4 is 15.5 Å². The molecule has 1 amide bonds. The fraction of sp³-hybridized carbons (Fsp3) is 0.185. The molecule has 0 saturated heterocycles. The molecule has 0 atom stereocenters. The molecule has 10 heteroatoms. The van der Waals surface area contributed by atoms with Gasteiger partial charge in [0, 0.05) is 54.4 Å². The fourth-order valence-corrected chi connectivity index (χ4v) is 4.22. The molecule has 0 radical (unpaired) electrons. The second kappa shape index (κ2) is 9.88. The number of carbonyl (C=O) groups is 1. The number of benzene rings is 2. The fourth-order valence-electron chi connectivity index (χ4n) is 4.22. The van der Waals surface area contributed by atoms with Crippen LogP contribution in [0.5, 0.6) is 0 Å². The molecule has 0 aliphatic carbocycles. The summed E-state index contributed by atoms with van der Waals surface area (Å²) in [5.41, 5.74) is 4.28. The molecule has 3 heterocycles. The van der Waals surface area contributed by atoms with Crippen molar-refractivity contribution >= 4 is 28.9 Å². The molecule has 37 heavy (non-hydrogen) atoms. The summed E-state index contributed by atoms with van der Waals surface area (Å²) in [4.78, 5) is 28.0. The number of hydrogen-bond donors (Lipinski definition) is 2. The third kappa shape index (κ3) is 5.53. The minimum atomic E-state index is -4.52. The Balaban J connectivity index is 1.31. The first kappa shape index (κ1) is 24.2. The second-order valence-electron chi connectivity index (χ2n) is 8.74. The van der Waals surface area contributed by atoms with Crippen LogP contribution in [0.2, 0.25) is 0 Å². The van der Waals surface area contributed by atoms with E-state index in [1.54, 1.807) is 18.5 Å². The number of alkyl halides is 3.